The monoisotopic (exact) mass is 351 g/mol. The van der Waals surface area contributed by atoms with Gasteiger partial charge in [-0.3, -0.25) is 14.6 Å². The van der Waals surface area contributed by atoms with Crippen LogP contribution in [0.15, 0.2) is 54.9 Å². The van der Waals surface area contributed by atoms with Gasteiger partial charge in [0.05, 0.1) is 0 Å². The van der Waals surface area contributed by atoms with Crippen LogP contribution in [0, 0.1) is 0 Å². The van der Waals surface area contributed by atoms with Gasteiger partial charge in [-0.2, -0.15) is 0 Å². The molecule has 2 aromatic rings. The van der Waals surface area contributed by atoms with Crippen LogP contribution in [0.4, 0.5) is 5.69 Å². The first-order chi connectivity index (χ1) is 12.7. The van der Waals surface area contributed by atoms with Crippen LogP contribution >= 0.6 is 0 Å². The molecule has 2 amide bonds. The van der Waals surface area contributed by atoms with Gasteiger partial charge in [0.2, 0.25) is 5.91 Å². The molecule has 1 aromatic carbocycles. The van der Waals surface area contributed by atoms with E-state index < -0.39 is 0 Å². The van der Waals surface area contributed by atoms with Gasteiger partial charge >= 0.3 is 0 Å². The molecular weight excluding hydrogens is 330 g/mol. The molecule has 0 bridgehead atoms. The smallest absolute Gasteiger partial charge is 0.253 e. The van der Waals surface area contributed by atoms with E-state index in [0.29, 0.717) is 18.8 Å². The third kappa shape index (κ3) is 5.26. The van der Waals surface area contributed by atoms with Crippen molar-refractivity contribution in [2.75, 3.05) is 11.9 Å². The standard InChI is InChI=1S/C20H21N3O3/c24-19(7-6-15-8-10-21-11-9-15)22-14-16-3-1-4-17(13-16)23-20(25)18-5-2-12-26-18/h1,3-4,6-11,13,18H,2,5,12,14H2,(H,22,24)(H,23,25). The second-order valence-electron chi connectivity index (χ2n) is 6.02. The van der Waals surface area contributed by atoms with E-state index >= 15 is 0 Å². The fraction of sp³-hybridized carbons (Fsp3) is 0.250. The number of benzene rings is 1. The third-order valence-electron chi connectivity index (χ3n) is 4.02. The Hall–Kier alpha value is -2.99. The summed E-state index contributed by atoms with van der Waals surface area (Å²) in [5.41, 5.74) is 2.51. The molecule has 0 spiro atoms. The minimum atomic E-state index is -0.364. The average Bonchev–Trinajstić information content (AvgIpc) is 3.21. The molecule has 3 rings (SSSR count). The van der Waals surface area contributed by atoms with Crippen molar-refractivity contribution in [2.45, 2.75) is 25.5 Å². The van der Waals surface area contributed by atoms with Crippen molar-refractivity contribution in [3.63, 3.8) is 0 Å². The summed E-state index contributed by atoms with van der Waals surface area (Å²) in [5.74, 6) is -0.306. The SMILES string of the molecule is O=C(C=Cc1ccncc1)NCc1cccc(NC(=O)C2CCCO2)c1. The van der Waals surface area contributed by atoms with Crippen LogP contribution in [-0.2, 0) is 20.9 Å². The molecule has 1 unspecified atom stereocenters. The van der Waals surface area contributed by atoms with E-state index in [-0.39, 0.29) is 17.9 Å². The Labute approximate surface area is 152 Å². The van der Waals surface area contributed by atoms with Gasteiger partial charge < -0.3 is 15.4 Å². The molecule has 1 aromatic heterocycles. The maximum absolute atomic E-state index is 12.1. The fourth-order valence-corrected chi connectivity index (χ4v) is 2.66. The average molecular weight is 351 g/mol. The third-order valence-corrected chi connectivity index (χ3v) is 4.02. The van der Waals surface area contributed by atoms with E-state index in [1.54, 1.807) is 18.5 Å². The quantitative estimate of drug-likeness (QED) is 0.784. The molecule has 26 heavy (non-hydrogen) atoms. The first-order valence-electron chi connectivity index (χ1n) is 8.58. The molecule has 1 fully saturated rings. The highest BCUT2D eigenvalue weighted by atomic mass is 16.5. The van der Waals surface area contributed by atoms with Crippen LogP contribution in [0.3, 0.4) is 0 Å². The van der Waals surface area contributed by atoms with Crippen LogP contribution in [0.25, 0.3) is 6.08 Å². The van der Waals surface area contributed by atoms with Crippen LogP contribution in [0.5, 0.6) is 0 Å². The lowest BCUT2D eigenvalue weighted by Gasteiger charge is -2.11. The molecule has 0 radical (unpaired) electrons. The van der Waals surface area contributed by atoms with Crippen molar-refractivity contribution >= 4 is 23.6 Å². The number of carbonyl (C=O) groups is 2. The molecule has 1 saturated heterocycles. The van der Waals surface area contributed by atoms with Crippen LogP contribution < -0.4 is 10.6 Å². The Balaban J connectivity index is 1.51. The first kappa shape index (κ1) is 17.8. The second kappa shape index (κ2) is 8.92. The lowest BCUT2D eigenvalue weighted by molar-refractivity contribution is -0.124. The molecule has 0 aliphatic carbocycles. The fourth-order valence-electron chi connectivity index (χ4n) is 2.66. The Bertz CT molecular complexity index is 784. The molecule has 0 saturated carbocycles. The number of carbonyl (C=O) groups excluding carboxylic acids is 2. The van der Waals surface area contributed by atoms with Gasteiger partial charge in [0.1, 0.15) is 6.10 Å². The number of hydrogen-bond donors (Lipinski definition) is 2. The molecule has 6 heteroatoms. The van der Waals surface area contributed by atoms with Gasteiger partial charge in [0.25, 0.3) is 5.91 Å². The highest BCUT2D eigenvalue weighted by Gasteiger charge is 2.23. The molecule has 1 aliphatic heterocycles. The zero-order chi connectivity index (χ0) is 18.2. The van der Waals surface area contributed by atoms with Crippen molar-refractivity contribution in [1.82, 2.24) is 10.3 Å². The minimum absolute atomic E-state index is 0.121. The summed E-state index contributed by atoms with van der Waals surface area (Å²) >= 11 is 0. The molecule has 2 N–H and O–H groups in total. The number of aromatic nitrogens is 1. The number of amides is 2. The number of rotatable bonds is 6. The van der Waals surface area contributed by atoms with E-state index in [1.165, 1.54) is 6.08 Å². The van der Waals surface area contributed by atoms with Gasteiger partial charge in [-0.05, 0) is 54.3 Å². The maximum atomic E-state index is 12.1. The van der Waals surface area contributed by atoms with Gasteiger partial charge in [-0.15, -0.1) is 0 Å². The Kier molecular flexibility index (Phi) is 6.11. The Morgan fingerprint density at radius 1 is 1.23 bits per heavy atom. The number of ether oxygens (including phenoxy) is 1. The van der Waals surface area contributed by atoms with E-state index in [1.807, 2.05) is 36.4 Å². The zero-order valence-electron chi connectivity index (χ0n) is 14.4. The second-order valence-corrected chi connectivity index (χ2v) is 6.02. The Morgan fingerprint density at radius 3 is 2.85 bits per heavy atom. The predicted molar refractivity (Wildman–Crippen MR) is 99.2 cm³/mol. The van der Waals surface area contributed by atoms with E-state index in [9.17, 15) is 9.59 Å². The molecule has 134 valence electrons. The summed E-state index contributed by atoms with van der Waals surface area (Å²) < 4.78 is 5.38. The Morgan fingerprint density at radius 2 is 2.08 bits per heavy atom. The molecular formula is C20H21N3O3. The highest BCUT2D eigenvalue weighted by Crippen LogP contribution is 2.16. The summed E-state index contributed by atoms with van der Waals surface area (Å²) in [5, 5.41) is 5.69. The molecule has 1 aliphatic rings. The predicted octanol–water partition coefficient (Wildman–Crippen LogP) is 2.53. The van der Waals surface area contributed by atoms with Crippen LogP contribution in [-0.4, -0.2) is 29.5 Å². The van der Waals surface area contributed by atoms with Crippen LogP contribution in [0.1, 0.15) is 24.0 Å². The molecule has 6 nitrogen and oxygen atoms in total. The minimum Gasteiger partial charge on any atom is -0.368 e. The normalized spacial score (nSPS) is 16.5. The lowest BCUT2D eigenvalue weighted by atomic mass is 10.2. The summed E-state index contributed by atoms with van der Waals surface area (Å²) in [4.78, 5) is 27.9. The first-order valence-corrected chi connectivity index (χ1v) is 8.58. The summed E-state index contributed by atoms with van der Waals surface area (Å²) in [6, 6.07) is 11.1. The van der Waals surface area contributed by atoms with Crippen LogP contribution in [0.2, 0.25) is 0 Å². The summed E-state index contributed by atoms with van der Waals surface area (Å²) in [6.45, 7) is 1.01. The number of hydrogen-bond acceptors (Lipinski definition) is 4. The number of pyridine rings is 1. The largest absolute Gasteiger partial charge is 0.368 e. The molecule has 1 atom stereocenters. The number of anilines is 1. The van der Waals surface area contributed by atoms with E-state index in [4.69, 9.17) is 4.74 Å². The van der Waals surface area contributed by atoms with Gasteiger partial charge in [0.15, 0.2) is 0 Å². The zero-order valence-corrected chi connectivity index (χ0v) is 14.4. The number of nitrogens with zero attached hydrogens (tertiary/aromatic N) is 1. The maximum Gasteiger partial charge on any atom is 0.253 e. The highest BCUT2D eigenvalue weighted by molar-refractivity contribution is 5.94. The van der Waals surface area contributed by atoms with E-state index in [0.717, 1.165) is 24.0 Å². The lowest BCUT2D eigenvalue weighted by Crippen LogP contribution is -2.27. The van der Waals surface area contributed by atoms with Crippen molar-refractivity contribution in [2.24, 2.45) is 0 Å². The summed E-state index contributed by atoms with van der Waals surface area (Å²) in [7, 11) is 0. The van der Waals surface area contributed by atoms with Gasteiger partial charge in [0, 0.05) is 37.3 Å². The topological polar surface area (TPSA) is 80.3 Å². The van der Waals surface area contributed by atoms with Gasteiger partial charge in [-0.25, -0.2) is 0 Å². The van der Waals surface area contributed by atoms with Gasteiger partial charge in [-0.1, -0.05) is 12.1 Å². The van der Waals surface area contributed by atoms with Crippen molar-refractivity contribution < 1.29 is 14.3 Å². The van der Waals surface area contributed by atoms with Crippen molar-refractivity contribution in [3.8, 4) is 0 Å². The van der Waals surface area contributed by atoms with Crippen molar-refractivity contribution in [3.05, 3.63) is 66.0 Å². The summed E-state index contributed by atoms with van der Waals surface area (Å²) in [6.07, 6.45) is 7.87. The number of nitrogens with one attached hydrogen (secondary N) is 2. The van der Waals surface area contributed by atoms with Crippen molar-refractivity contribution in [1.29, 1.82) is 0 Å². The van der Waals surface area contributed by atoms with E-state index in [2.05, 4.69) is 15.6 Å². The molecule has 2 heterocycles.